The highest BCUT2D eigenvalue weighted by Crippen LogP contribution is 2.26. The summed E-state index contributed by atoms with van der Waals surface area (Å²) in [7, 11) is 1.73. The van der Waals surface area contributed by atoms with Gasteiger partial charge in [-0.25, -0.2) is 4.79 Å². The minimum atomic E-state index is -0.275. The fourth-order valence-corrected chi connectivity index (χ4v) is 1.84. The zero-order valence-corrected chi connectivity index (χ0v) is 9.79. The third kappa shape index (κ3) is 3.70. The molecule has 1 aliphatic carbocycles. The van der Waals surface area contributed by atoms with Crippen LogP contribution >= 0.6 is 0 Å². The summed E-state index contributed by atoms with van der Waals surface area (Å²) in [6, 6.07) is 0. The average molecular weight is 214 g/mol. The van der Waals surface area contributed by atoms with Crippen LogP contribution in [0.1, 0.15) is 39.0 Å². The highest BCUT2D eigenvalue weighted by atomic mass is 16.6. The Bertz CT molecular complexity index is 213. The van der Waals surface area contributed by atoms with Crippen LogP contribution < -0.4 is 5.73 Å². The molecule has 4 heteroatoms. The molecule has 1 saturated carbocycles. The quantitative estimate of drug-likeness (QED) is 0.778. The first-order valence-electron chi connectivity index (χ1n) is 5.74. The number of hydrogen-bond donors (Lipinski definition) is 1. The maximum absolute atomic E-state index is 11.4. The van der Waals surface area contributed by atoms with Crippen LogP contribution in [0.25, 0.3) is 0 Å². The summed E-state index contributed by atoms with van der Waals surface area (Å²) in [5, 5.41) is 0. The van der Waals surface area contributed by atoms with Crippen LogP contribution in [0.3, 0.4) is 0 Å². The van der Waals surface area contributed by atoms with Gasteiger partial charge in [-0.05, 0) is 19.8 Å². The van der Waals surface area contributed by atoms with Crippen molar-refractivity contribution < 1.29 is 9.53 Å². The molecule has 0 aromatic rings. The maximum atomic E-state index is 11.4. The third-order valence-corrected chi connectivity index (χ3v) is 3.12. The fourth-order valence-electron chi connectivity index (χ4n) is 1.84. The Morgan fingerprint density at radius 1 is 1.40 bits per heavy atom. The Morgan fingerprint density at radius 3 is 2.53 bits per heavy atom. The zero-order valence-electron chi connectivity index (χ0n) is 9.79. The Kier molecular flexibility index (Phi) is 4.39. The molecule has 1 aliphatic rings. The molecule has 0 spiro atoms. The molecule has 0 unspecified atom stereocenters. The smallest absolute Gasteiger partial charge is 0.409 e. The van der Waals surface area contributed by atoms with E-state index in [9.17, 15) is 4.79 Å². The first-order valence-corrected chi connectivity index (χ1v) is 5.74. The van der Waals surface area contributed by atoms with Gasteiger partial charge >= 0.3 is 6.09 Å². The number of ether oxygens (including phenoxy) is 1. The van der Waals surface area contributed by atoms with Gasteiger partial charge in [0.25, 0.3) is 0 Å². The van der Waals surface area contributed by atoms with E-state index in [2.05, 4.69) is 0 Å². The molecule has 88 valence electrons. The van der Waals surface area contributed by atoms with Crippen molar-refractivity contribution in [3.63, 3.8) is 0 Å². The van der Waals surface area contributed by atoms with Gasteiger partial charge in [-0.1, -0.05) is 19.3 Å². The molecule has 0 saturated heterocycles. The van der Waals surface area contributed by atoms with Crippen molar-refractivity contribution in [2.45, 2.75) is 44.6 Å². The van der Waals surface area contributed by atoms with Gasteiger partial charge in [-0.3, -0.25) is 0 Å². The molecular weight excluding hydrogens is 192 g/mol. The predicted molar refractivity (Wildman–Crippen MR) is 59.7 cm³/mol. The summed E-state index contributed by atoms with van der Waals surface area (Å²) in [5.41, 5.74) is 5.88. The topological polar surface area (TPSA) is 55.6 Å². The minimum absolute atomic E-state index is 0.270. The van der Waals surface area contributed by atoms with Crippen LogP contribution in [0.2, 0.25) is 0 Å². The number of carbonyl (C=O) groups is 1. The SMILES string of the molecule is CCN(C)C(=O)OCC1(N)CCCCC1. The zero-order chi connectivity index (χ0) is 11.3. The lowest BCUT2D eigenvalue weighted by Gasteiger charge is -2.33. The van der Waals surface area contributed by atoms with Crippen LogP contribution in [0, 0.1) is 0 Å². The van der Waals surface area contributed by atoms with Gasteiger partial charge in [0.2, 0.25) is 0 Å². The highest BCUT2D eigenvalue weighted by Gasteiger charge is 2.29. The van der Waals surface area contributed by atoms with Crippen LogP contribution in [-0.4, -0.2) is 36.7 Å². The molecule has 0 aromatic carbocycles. The lowest BCUT2D eigenvalue weighted by Crippen LogP contribution is -2.47. The van der Waals surface area contributed by atoms with Crippen molar-refractivity contribution in [2.24, 2.45) is 5.73 Å². The Hall–Kier alpha value is -0.770. The summed E-state index contributed by atoms with van der Waals surface area (Å²) in [5.74, 6) is 0. The second-order valence-corrected chi connectivity index (χ2v) is 4.49. The lowest BCUT2D eigenvalue weighted by atomic mass is 9.83. The van der Waals surface area contributed by atoms with Crippen LogP contribution in [0.15, 0.2) is 0 Å². The number of hydrogen-bond acceptors (Lipinski definition) is 3. The van der Waals surface area contributed by atoms with Crippen LogP contribution in [0.5, 0.6) is 0 Å². The van der Waals surface area contributed by atoms with E-state index in [1.54, 1.807) is 11.9 Å². The molecule has 0 aliphatic heterocycles. The molecule has 1 amide bonds. The van der Waals surface area contributed by atoms with Gasteiger partial charge in [-0.2, -0.15) is 0 Å². The van der Waals surface area contributed by atoms with E-state index in [4.69, 9.17) is 10.5 Å². The molecule has 0 atom stereocenters. The summed E-state index contributed by atoms with van der Waals surface area (Å²) in [6.07, 6.45) is 5.22. The molecule has 4 nitrogen and oxygen atoms in total. The van der Waals surface area contributed by atoms with Crippen molar-refractivity contribution in [3.05, 3.63) is 0 Å². The van der Waals surface area contributed by atoms with Gasteiger partial charge in [-0.15, -0.1) is 0 Å². The highest BCUT2D eigenvalue weighted by molar-refractivity contribution is 5.67. The number of rotatable bonds is 3. The van der Waals surface area contributed by atoms with Crippen molar-refractivity contribution in [2.75, 3.05) is 20.2 Å². The van der Waals surface area contributed by atoms with Gasteiger partial charge in [0, 0.05) is 13.6 Å². The third-order valence-electron chi connectivity index (χ3n) is 3.12. The van der Waals surface area contributed by atoms with E-state index >= 15 is 0 Å². The van der Waals surface area contributed by atoms with Crippen LogP contribution in [0.4, 0.5) is 4.79 Å². The molecular formula is C11H22N2O2. The Balaban J connectivity index is 2.31. The molecule has 1 fully saturated rings. The summed E-state index contributed by atoms with van der Waals surface area (Å²) < 4.78 is 5.20. The van der Waals surface area contributed by atoms with Crippen molar-refractivity contribution >= 4 is 6.09 Å². The van der Waals surface area contributed by atoms with Gasteiger partial charge in [0.05, 0.1) is 5.54 Å². The summed E-state index contributed by atoms with van der Waals surface area (Å²) >= 11 is 0. The van der Waals surface area contributed by atoms with E-state index in [1.165, 1.54) is 6.42 Å². The van der Waals surface area contributed by atoms with E-state index in [-0.39, 0.29) is 11.6 Å². The summed E-state index contributed by atoms with van der Waals surface area (Å²) in [6.45, 7) is 2.94. The molecule has 0 radical (unpaired) electrons. The minimum Gasteiger partial charge on any atom is -0.447 e. The number of nitrogens with two attached hydrogens (primary N) is 1. The molecule has 0 heterocycles. The summed E-state index contributed by atoms with van der Waals surface area (Å²) in [4.78, 5) is 13.0. The Morgan fingerprint density at radius 2 is 2.00 bits per heavy atom. The fraction of sp³-hybridized carbons (Fsp3) is 0.909. The van der Waals surface area contributed by atoms with Gasteiger partial charge in [0.1, 0.15) is 6.61 Å². The number of carbonyl (C=O) groups excluding carboxylic acids is 1. The molecule has 0 aromatic heterocycles. The lowest BCUT2D eigenvalue weighted by molar-refractivity contribution is 0.0774. The van der Waals surface area contributed by atoms with Crippen molar-refractivity contribution in [1.29, 1.82) is 0 Å². The first-order chi connectivity index (χ1) is 7.07. The monoisotopic (exact) mass is 214 g/mol. The average Bonchev–Trinajstić information content (AvgIpc) is 2.26. The Labute approximate surface area is 91.8 Å². The maximum Gasteiger partial charge on any atom is 0.409 e. The standard InChI is InChI=1S/C11H22N2O2/c1-3-13(2)10(14)15-9-11(12)7-5-4-6-8-11/h3-9,12H2,1-2H3. The second-order valence-electron chi connectivity index (χ2n) is 4.49. The van der Waals surface area contributed by atoms with Gasteiger partial charge in [0.15, 0.2) is 0 Å². The van der Waals surface area contributed by atoms with Crippen molar-refractivity contribution in [3.8, 4) is 0 Å². The normalized spacial score (nSPS) is 19.7. The van der Waals surface area contributed by atoms with E-state index < -0.39 is 0 Å². The predicted octanol–water partition coefficient (Wildman–Crippen LogP) is 1.74. The van der Waals surface area contributed by atoms with E-state index in [1.807, 2.05) is 6.92 Å². The first kappa shape index (κ1) is 12.3. The van der Waals surface area contributed by atoms with Crippen molar-refractivity contribution in [1.82, 2.24) is 4.90 Å². The van der Waals surface area contributed by atoms with E-state index in [0.29, 0.717) is 13.2 Å². The second kappa shape index (κ2) is 5.35. The van der Waals surface area contributed by atoms with E-state index in [0.717, 1.165) is 25.7 Å². The molecule has 1 rings (SSSR count). The molecule has 2 N–H and O–H groups in total. The largest absolute Gasteiger partial charge is 0.447 e. The molecule has 0 bridgehead atoms. The van der Waals surface area contributed by atoms with Crippen LogP contribution in [-0.2, 0) is 4.74 Å². The molecule has 15 heavy (non-hydrogen) atoms. The number of amides is 1. The van der Waals surface area contributed by atoms with Gasteiger partial charge < -0.3 is 15.4 Å². The number of nitrogens with zero attached hydrogens (tertiary/aromatic N) is 1.